The van der Waals surface area contributed by atoms with Crippen molar-refractivity contribution in [2.45, 2.75) is 105 Å². The summed E-state index contributed by atoms with van der Waals surface area (Å²) in [5, 5.41) is 3.69. The van der Waals surface area contributed by atoms with Gasteiger partial charge in [0.15, 0.2) is 0 Å². The number of rotatable bonds is 7. The topological polar surface area (TPSA) is 51.0 Å². The van der Waals surface area contributed by atoms with Crippen LogP contribution in [-0.4, -0.2) is 16.2 Å². The van der Waals surface area contributed by atoms with Gasteiger partial charge < -0.3 is 19.0 Å². The number of nitrogens with zero attached hydrogens (tertiary/aromatic N) is 5. The van der Waals surface area contributed by atoms with E-state index in [0.717, 1.165) is 83.4 Å². The van der Waals surface area contributed by atoms with Crippen LogP contribution in [-0.2, 0) is 21.7 Å². The summed E-state index contributed by atoms with van der Waals surface area (Å²) in [4.78, 5) is 13.3. The Kier molecular flexibility index (Phi) is 10.4. The second-order valence-electron chi connectivity index (χ2n) is 24.9. The normalized spacial score (nSPS) is 14.2. The highest BCUT2D eigenvalue weighted by Crippen LogP contribution is 2.52. The van der Waals surface area contributed by atoms with Crippen molar-refractivity contribution in [1.82, 2.24) is 9.55 Å². The molecule has 4 heterocycles. The van der Waals surface area contributed by atoms with Gasteiger partial charge in [0, 0.05) is 51.3 Å². The van der Waals surface area contributed by atoms with Crippen molar-refractivity contribution in [2.24, 2.45) is 0 Å². The van der Waals surface area contributed by atoms with E-state index in [1.165, 1.54) is 11.1 Å². The van der Waals surface area contributed by atoms with Gasteiger partial charge in [-0.3, -0.25) is 4.57 Å². The molecule has 1 aliphatic heterocycles. The van der Waals surface area contributed by atoms with Crippen molar-refractivity contribution in [2.75, 3.05) is 16.5 Å². The van der Waals surface area contributed by atoms with E-state index < -0.39 is 6.04 Å². The van der Waals surface area contributed by atoms with Crippen molar-refractivity contribution in [3.8, 4) is 39.6 Å². The average Bonchev–Trinajstić information content (AvgIpc) is 2.09. The number of anilines is 4. The van der Waals surface area contributed by atoms with Gasteiger partial charge in [-0.25, -0.2) is 9.83 Å². The highest BCUT2D eigenvalue weighted by Gasteiger charge is 2.33. The molecule has 11 aromatic rings. The van der Waals surface area contributed by atoms with Crippen LogP contribution in [0, 0.1) is 6.57 Å². The van der Waals surface area contributed by atoms with E-state index in [4.69, 9.17) is 24.8 Å². The Morgan fingerprint density at radius 3 is 1.85 bits per heavy atom. The molecule has 388 valence electrons. The van der Waals surface area contributed by atoms with E-state index in [0.29, 0.717) is 40.6 Å². The summed E-state index contributed by atoms with van der Waals surface area (Å²) in [7, 11) is 0. The molecule has 78 heavy (non-hydrogen) atoms. The van der Waals surface area contributed by atoms with Crippen LogP contribution >= 0.6 is 0 Å². The van der Waals surface area contributed by atoms with E-state index in [-0.39, 0.29) is 51.4 Å². The van der Waals surface area contributed by atoms with Crippen molar-refractivity contribution in [3.05, 3.63) is 210 Å². The van der Waals surface area contributed by atoms with Gasteiger partial charge in [-0.2, -0.15) is 0 Å². The van der Waals surface area contributed by atoms with Gasteiger partial charge in [-0.15, -0.1) is 0 Å². The number of pyridine rings is 1. The van der Waals surface area contributed by atoms with Gasteiger partial charge in [-0.1, -0.05) is 180 Å². The molecule has 7 nitrogen and oxygen atoms in total. The Balaban J connectivity index is 1.03. The van der Waals surface area contributed by atoms with Gasteiger partial charge in [0.25, 0.3) is 0 Å². The molecule has 1 aliphatic rings. The third-order valence-electron chi connectivity index (χ3n) is 15.4. The highest BCUT2D eigenvalue weighted by molar-refractivity contribution is 6.24. The molecule has 0 atom stereocenters. The van der Waals surface area contributed by atoms with Gasteiger partial charge in [0.05, 0.1) is 46.9 Å². The van der Waals surface area contributed by atoms with Crippen molar-refractivity contribution in [1.29, 1.82) is 0 Å². The number of aromatic nitrogens is 2. The van der Waals surface area contributed by atoms with Crippen LogP contribution in [0.2, 0.25) is 0 Å². The second kappa shape index (κ2) is 18.3. The second-order valence-corrected chi connectivity index (χ2v) is 24.9. The predicted octanol–water partition coefficient (Wildman–Crippen LogP) is 20.2. The molecule has 0 fully saturated rings. The summed E-state index contributed by atoms with van der Waals surface area (Å²) >= 11 is 0. The summed E-state index contributed by atoms with van der Waals surface area (Å²) in [6.45, 7) is 34.8. The largest absolute Gasteiger partial charge is 0.466 e. The standard InChI is InChI=1S/C71H67N5O2/c1-68(2,3)46-33-34-73-63(40-46)76-61-32-31-56-55-25-20-26-58(72-13)66(55)78-67(56)64(61)57-30-29-51(42-62(57)76)77-52-39-49(71(10,11)12)38-50(41-52)74-43-75(60-28-18-17-27-59(60)74)65-53(44-21-15-14-16-22-44)23-19-24-54(65)45-35-47(69(4,5)6)37-48(36-45)70(7,8)9/h14-42H,43H2,1-12H3/i14D,15D,16D,21D,22D. The van der Waals surface area contributed by atoms with E-state index in [1.54, 1.807) is 6.07 Å². The Hall–Kier alpha value is -8.60. The molecule has 0 aliphatic carbocycles. The third kappa shape index (κ3) is 8.74. The number of ether oxygens (including phenoxy) is 1. The minimum Gasteiger partial charge on any atom is -0.466 e. The minimum atomic E-state index is -0.435. The van der Waals surface area contributed by atoms with Gasteiger partial charge in [0.2, 0.25) is 5.69 Å². The smallest absolute Gasteiger partial charge is 0.229 e. The van der Waals surface area contributed by atoms with Crippen molar-refractivity contribution in [3.63, 3.8) is 0 Å². The van der Waals surface area contributed by atoms with Crippen LogP contribution < -0.4 is 14.5 Å². The van der Waals surface area contributed by atoms with Gasteiger partial charge >= 0.3 is 0 Å². The lowest BCUT2D eigenvalue weighted by Gasteiger charge is -2.30. The molecular formula is C71H67N5O2. The Morgan fingerprint density at radius 1 is 0.538 bits per heavy atom. The molecule has 0 N–H and O–H groups in total. The average molecular weight is 1030 g/mol. The van der Waals surface area contributed by atoms with E-state index in [9.17, 15) is 2.74 Å². The highest BCUT2D eigenvalue weighted by atomic mass is 16.5. The lowest BCUT2D eigenvalue weighted by atomic mass is 9.78. The maximum absolute atomic E-state index is 9.36. The molecule has 8 aromatic carbocycles. The SMILES string of the molecule is [2H]c1c([2H])c([2H])c(-c2cccc(-c3cc(C(C)(C)C)cc(C(C)(C)C)c3)c2N2CN(c3cc(Oc4ccc5c6c7oc8c([N+]#[C-])cccc8c7ccc6n(-c6cc(C(C)(C)C)ccn6)c5c4)cc(C(C)(C)C)c3)c3ccccc32)c([2H])c1[2H]. The Morgan fingerprint density at radius 2 is 1.17 bits per heavy atom. The molecule has 7 heteroatoms. The van der Waals surface area contributed by atoms with Crippen LogP contribution in [0.1, 0.15) is 112 Å². The maximum Gasteiger partial charge on any atom is 0.229 e. The van der Waals surface area contributed by atoms with E-state index >= 15 is 0 Å². The summed E-state index contributed by atoms with van der Waals surface area (Å²) in [6.07, 6.45) is 1.87. The van der Waals surface area contributed by atoms with Crippen LogP contribution in [0.4, 0.5) is 28.4 Å². The number of benzene rings is 8. The quantitative estimate of drug-likeness (QED) is 0.149. The summed E-state index contributed by atoms with van der Waals surface area (Å²) in [5.41, 5.74) is 13.2. The fraction of sp³-hybridized carbons (Fsp3) is 0.239. The minimum absolute atomic E-state index is 0.139. The molecule has 0 bridgehead atoms. The lowest BCUT2D eigenvalue weighted by Crippen LogP contribution is -2.25. The predicted molar refractivity (Wildman–Crippen MR) is 326 cm³/mol. The van der Waals surface area contributed by atoms with Crippen molar-refractivity contribution >= 4 is 72.2 Å². The fourth-order valence-electron chi connectivity index (χ4n) is 11.0. The molecule has 0 saturated heterocycles. The molecule has 0 unspecified atom stereocenters. The number of furan rings is 1. The molecule has 12 rings (SSSR count). The van der Waals surface area contributed by atoms with Gasteiger partial charge in [-0.05, 0) is 116 Å². The zero-order chi connectivity index (χ0) is 59.0. The molecule has 0 saturated carbocycles. The first-order valence-electron chi connectivity index (χ1n) is 29.3. The zero-order valence-corrected chi connectivity index (χ0v) is 46.6. The first-order valence-corrected chi connectivity index (χ1v) is 26.8. The number of hydrogen-bond acceptors (Lipinski definition) is 5. The maximum atomic E-state index is 9.36. The van der Waals surface area contributed by atoms with Crippen LogP contribution in [0.25, 0.3) is 76.7 Å². The van der Waals surface area contributed by atoms with E-state index in [1.807, 2.05) is 48.7 Å². The summed E-state index contributed by atoms with van der Waals surface area (Å²) < 4.78 is 61.0. The van der Waals surface area contributed by atoms with Crippen LogP contribution in [0.3, 0.4) is 0 Å². The Labute approximate surface area is 466 Å². The van der Waals surface area contributed by atoms with Crippen LogP contribution in [0.15, 0.2) is 180 Å². The number of fused-ring (bicyclic) bond motifs is 8. The molecule has 0 amide bonds. The first-order chi connectivity index (χ1) is 39.2. The fourth-order valence-corrected chi connectivity index (χ4v) is 11.0. The Bertz CT molecular complexity index is 4480. The molecule has 0 radical (unpaired) electrons. The zero-order valence-electron chi connectivity index (χ0n) is 51.6. The summed E-state index contributed by atoms with van der Waals surface area (Å²) in [6, 6.07) is 46.0. The monoisotopic (exact) mass is 1030 g/mol. The summed E-state index contributed by atoms with van der Waals surface area (Å²) in [5.74, 6) is 2.02. The number of para-hydroxylation sites is 4. The number of hydrogen-bond donors (Lipinski definition) is 0. The van der Waals surface area contributed by atoms with Crippen molar-refractivity contribution < 1.29 is 16.0 Å². The van der Waals surface area contributed by atoms with Crippen LogP contribution in [0.5, 0.6) is 11.5 Å². The first kappa shape index (κ1) is 44.5. The lowest BCUT2D eigenvalue weighted by molar-refractivity contribution is 0.479. The molecular weight excluding hydrogens is 955 g/mol. The van der Waals surface area contributed by atoms with Gasteiger partial charge in [0.1, 0.15) is 35.2 Å². The van der Waals surface area contributed by atoms with E-state index in [2.05, 4.69) is 193 Å². The molecule has 3 aromatic heterocycles. The third-order valence-corrected chi connectivity index (χ3v) is 15.4. The molecule has 0 spiro atoms.